The molecule has 5 aromatic carbocycles. The molecule has 0 fully saturated rings. The van der Waals surface area contributed by atoms with Crippen molar-refractivity contribution in [2.75, 3.05) is 10.9 Å². The van der Waals surface area contributed by atoms with Crippen LogP contribution >= 0.6 is 0 Å². The molecule has 0 heterocycles. The van der Waals surface area contributed by atoms with Gasteiger partial charge in [-0.1, -0.05) is 60.7 Å². The summed E-state index contributed by atoms with van der Waals surface area (Å²) in [4.78, 5) is 10.8. The van der Waals surface area contributed by atoms with Gasteiger partial charge in [-0.25, -0.2) is 0 Å². The first-order chi connectivity index (χ1) is 14.8. The lowest BCUT2D eigenvalue weighted by Gasteiger charge is -2.12. The van der Waals surface area contributed by atoms with Gasteiger partial charge in [0.2, 0.25) is 0 Å². The molecule has 0 saturated heterocycles. The van der Waals surface area contributed by atoms with Crippen LogP contribution in [0, 0.1) is 0 Å². The van der Waals surface area contributed by atoms with Crippen LogP contribution in [0.2, 0.25) is 0 Å². The summed E-state index contributed by atoms with van der Waals surface area (Å²) in [6.07, 6.45) is 0. The smallest absolute Gasteiger partial charge is 0.179 e. The molecule has 0 amide bonds. The molecular weight excluding hydrogens is 372 g/mol. The second-order valence-corrected chi connectivity index (χ2v) is 7.02. The van der Waals surface area contributed by atoms with Crippen LogP contribution in [-0.4, -0.2) is 0 Å². The van der Waals surface area contributed by atoms with E-state index in [1.54, 1.807) is 0 Å². The highest BCUT2D eigenvalue weighted by molar-refractivity contribution is 5.88. The Hall–Kier alpha value is -4.18. The molecule has 0 unspecified atom stereocenters. The zero-order chi connectivity index (χ0) is 20.2. The van der Waals surface area contributed by atoms with Gasteiger partial charge in [0.05, 0.1) is 11.4 Å². The minimum atomic E-state index is 0.654. The molecule has 0 aliphatic heterocycles. The summed E-state index contributed by atoms with van der Waals surface area (Å²) in [7, 11) is 0. The normalized spacial score (nSPS) is 10.7. The molecule has 2 N–H and O–H groups in total. The Balaban J connectivity index is 1.27. The molecule has 5 rings (SSSR count). The van der Waals surface area contributed by atoms with E-state index in [0.717, 1.165) is 22.1 Å². The molecule has 0 atom stereocenters. The SMILES string of the molecule is c1ccc(OOc2ccc3cc(NNc4ccc5ccccc5c4)ccc3c2)cc1. The molecule has 5 aromatic rings. The average molecular weight is 392 g/mol. The maximum Gasteiger partial charge on any atom is 0.179 e. The molecule has 0 radical (unpaired) electrons. The van der Waals surface area contributed by atoms with Crippen LogP contribution in [0.3, 0.4) is 0 Å². The van der Waals surface area contributed by atoms with Crippen LogP contribution in [0.1, 0.15) is 0 Å². The Morgan fingerprint density at radius 2 is 0.933 bits per heavy atom. The lowest BCUT2D eigenvalue weighted by Crippen LogP contribution is -2.08. The number of anilines is 2. The lowest BCUT2D eigenvalue weighted by molar-refractivity contribution is -0.0998. The van der Waals surface area contributed by atoms with Gasteiger partial charge in [0.1, 0.15) is 0 Å². The Kier molecular flexibility index (Phi) is 4.80. The molecule has 0 aliphatic carbocycles. The summed E-state index contributed by atoms with van der Waals surface area (Å²) in [5, 5.41) is 4.60. The Labute approximate surface area is 174 Å². The number of fused-ring (bicyclic) bond motifs is 2. The summed E-state index contributed by atoms with van der Waals surface area (Å²) in [5.41, 5.74) is 8.53. The van der Waals surface area contributed by atoms with Crippen LogP contribution in [0.4, 0.5) is 11.4 Å². The number of rotatable bonds is 6. The third kappa shape index (κ3) is 3.98. The first kappa shape index (κ1) is 17.9. The van der Waals surface area contributed by atoms with Gasteiger partial charge in [-0.05, 0) is 70.1 Å². The van der Waals surface area contributed by atoms with Gasteiger partial charge in [0.15, 0.2) is 11.5 Å². The molecule has 30 heavy (non-hydrogen) atoms. The number of para-hydroxylation sites is 1. The third-order valence-electron chi connectivity index (χ3n) is 4.89. The van der Waals surface area contributed by atoms with Crippen LogP contribution in [0.5, 0.6) is 11.5 Å². The van der Waals surface area contributed by atoms with Gasteiger partial charge >= 0.3 is 0 Å². The first-order valence-electron chi connectivity index (χ1n) is 9.78. The fourth-order valence-corrected chi connectivity index (χ4v) is 3.34. The van der Waals surface area contributed by atoms with Gasteiger partial charge in [0, 0.05) is 0 Å². The number of hydrazine groups is 1. The van der Waals surface area contributed by atoms with Crippen molar-refractivity contribution in [2.24, 2.45) is 0 Å². The molecule has 0 aromatic heterocycles. The van der Waals surface area contributed by atoms with Gasteiger partial charge in [-0.3, -0.25) is 9.78 Å². The van der Waals surface area contributed by atoms with Crippen molar-refractivity contribution >= 4 is 32.9 Å². The van der Waals surface area contributed by atoms with E-state index < -0.39 is 0 Å². The van der Waals surface area contributed by atoms with Gasteiger partial charge in [-0.2, -0.15) is 0 Å². The van der Waals surface area contributed by atoms with Gasteiger partial charge in [0.25, 0.3) is 0 Å². The molecule has 4 nitrogen and oxygen atoms in total. The molecule has 0 saturated carbocycles. The molecule has 4 heteroatoms. The zero-order valence-electron chi connectivity index (χ0n) is 16.2. The number of hydrogen-bond donors (Lipinski definition) is 2. The maximum absolute atomic E-state index is 5.44. The van der Waals surface area contributed by atoms with Crippen molar-refractivity contribution in [1.82, 2.24) is 0 Å². The number of nitrogens with one attached hydrogen (secondary N) is 2. The average Bonchev–Trinajstić information content (AvgIpc) is 2.82. The third-order valence-corrected chi connectivity index (χ3v) is 4.89. The largest absolute Gasteiger partial charge is 0.301 e. The molecule has 0 aliphatic rings. The van der Waals surface area contributed by atoms with Crippen LogP contribution < -0.4 is 20.6 Å². The van der Waals surface area contributed by atoms with E-state index in [4.69, 9.17) is 9.78 Å². The van der Waals surface area contributed by atoms with E-state index in [1.165, 1.54) is 10.8 Å². The van der Waals surface area contributed by atoms with Crippen molar-refractivity contribution in [3.8, 4) is 11.5 Å². The monoisotopic (exact) mass is 392 g/mol. The number of hydrogen-bond acceptors (Lipinski definition) is 4. The highest BCUT2D eigenvalue weighted by Gasteiger charge is 2.02. The van der Waals surface area contributed by atoms with Gasteiger partial charge < -0.3 is 10.9 Å². The molecule has 146 valence electrons. The molecule has 0 spiro atoms. The summed E-state index contributed by atoms with van der Waals surface area (Å²) >= 11 is 0. The summed E-state index contributed by atoms with van der Waals surface area (Å²) in [6.45, 7) is 0. The lowest BCUT2D eigenvalue weighted by atomic mass is 10.1. The van der Waals surface area contributed by atoms with Crippen molar-refractivity contribution in [3.63, 3.8) is 0 Å². The van der Waals surface area contributed by atoms with Gasteiger partial charge in [-0.15, -0.1) is 0 Å². The minimum Gasteiger partial charge on any atom is -0.301 e. The van der Waals surface area contributed by atoms with Crippen molar-refractivity contribution < 1.29 is 9.78 Å². The summed E-state index contributed by atoms with van der Waals surface area (Å²) in [6, 6.07) is 36.1. The summed E-state index contributed by atoms with van der Waals surface area (Å²) < 4.78 is 0. The second kappa shape index (κ2) is 8.05. The van der Waals surface area contributed by atoms with E-state index in [1.807, 2.05) is 66.7 Å². The van der Waals surface area contributed by atoms with E-state index in [2.05, 4.69) is 53.3 Å². The fraction of sp³-hybridized carbons (Fsp3) is 0. The van der Waals surface area contributed by atoms with Crippen molar-refractivity contribution in [2.45, 2.75) is 0 Å². The van der Waals surface area contributed by atoms with Crippen LogP contribution in [0.25, 0.3) is 21.5 Å². The fourth-order valence-electron chi connectivity index (χ4n) is 3.34. The zero-order valence-corrected chi connectivity index (χ0v) is 16.2. The minimum absolute atomic E-state index is 0.654. The Bertz CT molecular complexity index is 1300. The molecule has 0 bridgehead atoms. The van der Waals surface area contributed by atoms with E-state index in [0.29, 0.717) is 11.5 Å². The quantitative estimate of drug-likeness (QED) is 0.246. The van der Waals surface area contributed by atoms with Crippen LogP contribution in [-0.2, 0) is 0 Å². The first-order valence-corrected chi connectivity index (χ1v) is 9.78. The Morgan fingerprint density at radius 1 is 0.400 bits per heavy atom. The Morgan fingerprint density at radius 3 is 1.70 bits per heavy atom. The van der Waals surface area contributed by atoms with E-state index in [9.17, 15) is 0 Å². The topological polar surface area (TPSA) is 42.5 Å². The second-order valence-electron chi connectivity index (χ2n) is 7.02. The maximum atomic E-state index is 5.44. The summed E-state index contributed by atoms with van der Waals surface area (Å²) in [5.74, 6) is 1.32. The predicted octanol–water partition coefficient (Wildman–Crippen LogP) is 6.80. The van der Waals surface area contributed by atoms with Crippen molar-refractivity contribution in [1.29, 1.82) is 0 Å². The van der Waals surface area contributed by atoms with Crippen LogP contribution in [0.15, 0.2) is 109 Å². The van der Waals surface area contributed by atoms with E-state index in [-0.39, 0.29) is 0 Å². The predicted molar refractivity (Wildman–Crippen MR) is 123 cm³/mol. The highest BCUT2D eigenvalue weighted by Crippen LogP contribution is 2.25. The highest BCUT2D eigenvalue weighted by atomic mass is 17.2. The standard InChI is InChI=1S/C26H20N2O2/c1-2-8-25(9-3-1)29-30-26-15-12-21-17-24(14-11-22(21)18-26)28-27-23-13-10-19-6-4-5-7-20(19)16-23/h1-18,27-28H. The molecular formula is C26H20N2O2. The van der Waals surface area contributed by atoms with E-state index >= 15 is 0 Å². The number of benzene rings is 5. The van der Waals surface area contributed by atoms with Crippen molar-refractivity contribution in [3.05, 3.63) is 109 Å².